The van der Waals surface area contributed by atoms with Crippen LogP contribution in [0.2, 0.25) is 0 Å². The van der Waals surface area contributed by atoms with Gasteiger partial charge in [-0.3, -0.25) is 20.2 Å². The van der Waals surface area contributed by atoms with Crippen LogP contribution in [-0.4, -0.2) is 9.85 Å². The minimum absolute atomic E-state index is 0.118. The molecule has 0 radical (unpaired) electrons. The second kappa shape index (κ2) is 13.8. The summed E-state index contributed by atoms with van der Waals surface area (Å²) in [6, 6.07) is 27.3. The van der Waals surface area contributed by atoms with Gasteiger partial charge in [0.15, 0.2) is 0 Å². The summed E-state index contributed by atoms with van der Waals surface area (Å²) in [6.45, 7) is 6.73. The average molecular weight is 785 g/mol. The van der Waals surface area contributed by atoms with Crippen LogP contribution < -0.4 is 9.47 Å². The molecule has 0 bridgehead atoms. The lowest BCUT2D eigenvalue weighted by Gasteiger charge is -2.35. The van der Waals surface area contributed by atoms with E-state index < -0.39 is 61.6 Å². The molecular formula is C43H30F6N2O6. The van der Waals surface area contributed by atoms with Crippen LogP contribution >= 0.6 is 0 Å². The van der Waals surface area contributed by atoms with E-state index in [9.17, 15) is 46.6 Å². The fourth-order valence-electron chi connectivity index (χ4n) is 7.78. The van der Waals surface area contributed by atoms with Gasteiger partial charge < -0.3 is 9.47 Å². The van der Waals surface area contributed by atoms with Gasteiger partial charge in [0, 0.05) is 24.3 Å². The molecule has 0 spiro atoms. The Hall–Kier alpha value is -6.70. The van der Waals surface area contributed by atoms with E-state index >= 15 is 0 Å². The van der Waals surface area contributed by atoms with Gasteiger partial charge in [0.1, 0.15) is 34.1 Å². The summed E-state index contributed by atoms with van der Waals surface area (Å²) in [5.41, 5.74) is 1.69. The zero-order valence-electron chi connectivity index (χ0n) is 30.5. The topological polar surface area (TPSA) is 105 Å². The molecule has 0 unspecified atom stereocenters. The molecule has 1 aliphatic carbocycles. The maximum Gasteiger partial charge on any atom is 0.420 e. The molecule has 290 valence electrons. The lowest BCUT2D eigenvalue weighted by atomic mass is 9.66. The molecule has 14 heteroatoms. The van der Waals surface area contributed by atoms with E-state index in [0.717, 1.165) is 46.5 Å². The average Bonchev–Trinajstić information content (AvgIpc) is 3.44. The number of hydrogen-bond donors (Lipinski definition) is 0. The van der Waals surface area contributed by atoms with Gasteiger partial charge >= 0.3 is 12.4 Å². The number of halogens is 6. The summed E-state index contributed by atoms with van der Waals surface area (Å²) in [7, 11) is 0. The van der Waals surface area contributed by atoms with Crippen molar-refractivity contribution >= 4 is 11.4 Å². The van der Waals surface area contributed by atoms with Crippen molar-refractivity contribution in [3.8, 4) is 34.1 Å². The van der Waals surface area contributed by atoms with Crippen LogP contribution in [0.25, 0.3) is 11.1 Å². The van der Waals surface area contributed by atoms with Crippen molar-refractivity contribution in [2.45, 2.75) is 45.5 Å². The van der Waals surface area contributed by atoms with Gasteiger partial charge in [-0.1, -0.05) is 72.8 Å². The van der Waals surface area contributed by atoms with E-state index in [-0.39, 0.29) is 11.5 Å². The van der Waals surface area contributed by atoms with Crippen molar-refractivity contribution < 1.29 is 45.7 Å². The summed E-state index contributed by atoms with van der Waals surface area (Å²) in [5.74, 6) is -0.983. The van der Waals surface area contributed by atoms with Crippen LogP contribution in [0.4, 0.5) is 37.7 Å². The number of ether oxygens (including phenoxy) is 2. The first-order valence-corrected chi connectivity index (χ1v) is 17.3. The van der Waals surface area contributed by atoms with Crippen molar-refractivity contribution in [1.82, 2.24) is 0 Å². The highest BCUT2D eigenvalue weighted by Crippen LogP contribution is 2.57. The predicted molar refractivity (Wildman–Crippen MR) is 199 cm³/mol. The molecule has 8 nitrogen and oxygen atoms in total. The summed E-state index contributed by atoms with van der Waals surface area (Å²) >= 11 is 0. The van der Waals surface area contributed by atoms with E-state index in [2.05, 4.69) is 0 Å². The summed E-state index contributed by atoms with van der Waals surface area (Å²) in [4.78, 5) is 20.8. The number of nitrogens with zero attached hydrogens (tertiary/aromatic N) is 2. The Bertz CT molecular complexity index is 2410. The number of hydrogen-bond acceptors (Lipinski definition) is 6. The molecule has 1 aliphatic rings. The largest absolute Gasteiger partial charge is 0.456 e. The van der Waals surface area contributed by atoms with E-state index in [0.29, 0.717) is 45.5 Å². The van der Waals surface area contributed by atoms with Crippen molar-refractivity contribution in [2.24, 2.45) is 0 Å². The monoisotopic (exact) mass is 784 g/mol. The normalized spacial score (nSPS) is 13.2. The number of aryl methyl sites for hydroxylation is 4. The molecule has 0 atom stereocenters. The van der Waals surface area contributed by atoms with E-state index in [4.69, 9.17) is 9.47 Å². The Morgan fingerprint density at radius 1 is 0.509 bits per heavy atom. The number of nitro groups is 2. The number of nitro benzene ring substituents is 2. The number of rotatable bonds is 8. The number of benzene rings is 6. The van der Waals surface area contributed by atoms with Gasteiger partial charge in [-0.15, -0.1) is 0 Å². The quantitative estimate of drug-likeness (QED) is 0.0863. The van der Waals surface area contributed by atoms with Crippen LogP contribution in [0.3, 0.4) is 0 Å². The Morgan fingerprint density at radius 2 is 0.842 bits per heavy atom. The molecule has 6 aromatic rings. The van der Waals surface area contributed by atoms with Crippen LogP contribution in [0.1, 0.15) is 55.6 Å². The first kappa shape index (κ1) is 38.6. The molecule has 0 aromatic heterocycles. The highest BCUT2D eigenvalue weighted by Gasteiger charge is 2.47. The Labute approximate surface area is 321 Å². The van der Waals surface area contributed by atoms with Crippen LogP contribution in [0.5, 0.6) is 23.0 Å². The van der Waals surface area contributed by atoms with Crippen molar-refractivity contribution in [3.63, 3.8) is 0 Å². The molecule has 0 saturated carbocycles. The fourth-order valence-corrected chi connectivity index (χ4v) is 7.78. The standard InChI is InChI=1S/C43H30F6N2O6/c1-23-17-27(18-24(2)39(23)56-37-15-13-29(50(52)53)21-35(37)42(44,45)46)41(33-11-7-5-9-31(33)32-10-6-8-12-34(32)41)28-19-25(3)40(26(4)20-28)57-38-16-14-30(51(54)55)22-36(38)43(47,48)49/h5-22H,1-4H3. The minimum Gasteiger partial charge on any atom is -0.456 e. The molecule has 7 rings (SSSR count). The Morgan fingerprint density at radius 3 is 1.16 bits per heavy atom. The maximum absolute atomic E-state index is 14.1. The lowest BCUT2D eigenvalue weighted by Crippen LogP contribution is -2.29. The van der Waals surface area contributed by atoms with Crippen molar-refractivity contribution in [2.75, 3.05) is 0 Å². The maximum atomic E-state index is 14.1. The molecule has 0 fully saturated rings. The van der Waals surface area contributed by atoms with E-state index in [1.54, 1.807) is 52.0 Å². The molecule has 0 saturated heterocycles. The summed E-state index contributed by atoms with van der Waals surface area (Å²) in [6.07, 6.45) is -9.91. The van der Waals surface area contributed by atoms with Gasteiger partial charge in [-0.2, -0.15) is 26.3 Å². The van der Waals surface area contributed by atoms with Gasteiger partial charge in [0.2, 0.25) is 0 Å². The first-order valence-electron chi connectivity index (χ1n) is 17.3. The predicted octanol–water partition coefficient (Wildman–Crippen LogP) is 12.7. The summed E-state index contributed by atoms with van der Waals surface area (Å²) in [5, 5.41) is 22.6. The third-order valence-corrected chi connectivity index (χ3v) is 10.1. The fraction of sp³-hybridized carbons (Fsp3) is 0.163. The third kappa shape index (κ3) is 6.60. The van der Waals surface area contributed by atoms with Gasteiger partial charge in [-0.05, 0) is 95.5 Å². The number of non-ortho nitro benzene ring substituents is 2. The summed E-state index contributed by atoms with van der Waals surface area (Å²) < 4.78 is 96.6. The SMILES string of the molecule is Cc1cc(C2(c3cc(C)c(Oc4ccc([N+](=O)[O-])cc4C(F)(F)F)c(C)c3)c3ccccc3-c3ccccc32)cc(C)c1Oc1ccc([N+](=O)[O-])cc1C(F)(F)F. The van der Waals surface area contributed by atoms with Gasteiger partial charge in [0.05, 0.1) is 15.3 Å². The van der Waals surface area contributed by atoms with Crippen LogP contribution in [-0.2, 0) is 17.8 Å². The number of fused-ring (bicyclic) bond motifs is 3. The van der Waals surface area contributed by atoms with Crippen LogP contribution in [0.15, 0.2) is 109 Å². The van der Waals surface area contributed by atoms with Crippen molar-refractivity contribution in [3.05, 3.63) is 185 Å². The Kier molecular flexibility index (Phi) is 9.34. The van der Waals surface area contributed by atoms with Gasteiger partial charge in [-0.25, -0.2) is 0 Å². The second-order valence-electron chi connectivity index (χ2n) is 13.8. The highest BCUT2D eigenvalue weighted by atomic mass is 19.4. The number of alkyl halides is 6. The molecule has 0 amide bonds. The van der Waals surface area contributed by atoms with E-state index in [1.165, 1.54) is 0 Å². The molecule has 0 aliphatic heterocycles. The Balaban J connectivity index is 1.41. The van der Waals surface area contributed by atoms with Gasteiger partial charge in [0.25, 0.3) is 11.4 Å². The zero-order valence-corrected chi connectivity index (χ0v) is 30.5. The molecule has 0 N–H and O–H groups in total. The lowest BCUT2D eigenvalue weighted by molar-refractivity contribution is -0.385. The van der Waals surface area contributed by atoms with Crippen molar-refractivity contribution in [1.29, 1.82) is 0 Å². The molecular weight excluding hydrogens is 754 g/mol. The second-order valence-corrected chi connectivity index (χ2v) is 13.8. The highest BCUT2D eigenvalue weighted by molar-refractivity contribution is 5.86. The zero-order chi connectivity index (χ0) is 41.2. The third-order valence-electron chi connectivity index (χ3n) is 10.1. The molecule has 57 heavy (non-hydrogen) atoms. The molecule has 0 heterocycles. The van der Waals surface area contributed by atoms with Crippen LogP contribution in [0, 0.1) is 47.9 Å². The smallest absolute Gasteiger partial charge is 0.420 e. The molecule has 6 aromatic carbocycles. The minimum atomic E-state index is -4.96. The van der Waals surface area contributed by atoms with E-state index in [1.807, 2.05) is 48.5 Å². The first-order chi connectivity index (χ1) is 26.8.